The molecule has 4 nitrogen and oxygen atoms in total. The molecular formula is C17H19NO3. The second-order valence-corrected chi connectivity index (χ2v) is 7.08. The summed E-state index contributed by atoms with van der Waals surface area (Å²) in [5.41, 5.74) is 2.29. The molecule has 1 aromatic carbocycles. The molecule has 0 unspecified atom stereocenters. The van der Waals surface area contributed by atoms with E-state index in [0.29, 0.717) is 29.9 Å². The van der Waals surface area contributed by atoms with Gasteiger partial charge in [0.05, 0.1) is 0 Å². The molecule has 0 radical (unpaired) electrons. The lowest BCUT2D eigenvalue weighted by Crippen LogP contribution is -2.65. The molecule has 5 rings (SSSR count). The van der Waals surface area contributed by atoms with E-state index < -0.39 is 0 Å². The molecule has 1 saturated heterocycles. The van der Waals surface area contributed by atoms with Gasteiger partial charge < -0.3 is 14.7 Å². The Balaban J connectivity index is 1.81. The fraction of sp³-hybridized carbons (Fsp3) is 0.588. The van der Waals surface area contributed by atoms with Crippen LogP contribution in [0.2, 0.25) is 0 Å². The van der Waals surface area contributed by atoms with Gasteiger partial charge in [0.2, 0.25) is 0 Å². The number of ketones is 1. The van der Waals surface area contributed by atoms with Gasteiger partial charge in [-0.2, -0.15) is 0 Å². The number of carbonyl (C=O) groups is 1. The molecule has 4 heteroatoms. The van der Waals surface area contributed by atoms with E-state index in [1.165, 1.54) is 11.1 Å². The van der Waals surface area contributed by atoms with Crippen molar-refractivity contribution in [1.29, 1.82) is 1.43 Å². The first-order valence-electron chi connectivity index (χ1n) is 8.27. The molecule has 0 amide bonds. The van der Waals surface area contributed by atoms with Crippen molar-refractivity contribution >= 4 is 5.78 Å². The maximum absolute atomic E-state index is 12.6. The van der Waals surface area contributed by atoms with Crippen LogP contribution < -0.4 is 4.74 Å². The monoisotopic (exact) mass is 286 g/mol. The molecular weight excluding hydrogens is 266 g/mol. The topological polar surface area (TPSA) is 49.8 Å². The quantitative estimate of drug-likeness (QED) is 0.852. The van der Waals surface area contributed by atoms with Crippen LogP contribution in [0, 0.1) is 5.92 Å². The van der Waals surface area contributed by atoms with Crippen molar-refractivity contribution in [2.45, 2.75) is 43.2 Å². The van der Waals surface area contributed by atoms with Crippen molar-refractivity contribution in [2.75, 3.05) is 13.6 Å². The van der Waals surface area contributed by atoms with Crippen LogP contribution in [0.15, 0.2) is 12.1 Å². The third kappa shape index (κ3) is 1.20. The summed E-state index contributed by atoms with van der Waals surface area (Å²) in [6.45, 7) is 0.999. The minimum Gasteiger partial charge on any atom is -0.504 e. The van der Waals surface area contributed by atoms with Crippen LogP contribution in [0.3, 0.4) is 0 Å². The van der Waals surface area contributed by atoms with E-state index in [-0.39, 0.29) is 17.3 Å². The highest BCUT2D eigenvalue weighted by Gasteiger charge is 2.65. The van der Waals surface area contributed by atoms with Gasteiger partial charge in [0.15, 0.2) is 23.4 Å². The predicted molar refractivity (Wildman–Crippen MR) is 76.7 cm³/mol. The molecule has 4 atom stereocenters. The SMILES string of the molecule is [2H]Oc1ccc2c3c1O[C@H]1C(=O)CC[C@H]4[C@@H](C2)N(C)CC[C@]314. The summed E-state index contributed by atoms with van der Waals surface area (Å²) in [5, 5.41) is 4.77. The van der Waals surface area contributed by atoms with Gasteiger partial charge in [-0.15, -0.1) is 0 Å². The standard InChI is InChI=1S/C17H19NO3/c1-18-7-6-17-10-3-5-13(20)16(17)21-15-12(19)4-2-9(14(15)17)8-11(10)18/h2,4,10-11,16,19H,3,5-8H2,1H3/t10-,11+,16-,17-/m0/s1/i/hD. The highest BCUT2D eigenvalue weighted by molar-refractivity contribution is 5.89. The van der Waals surface area contributed by atoms with Gasteiger partial charge in [-0.25, -0.2) is 0 Å². The Labute approximate surface area is 125 Å². The third-order valence-electron chi connectivity index (χ3n) is 6.37. The van der Waals surface area contributed by atoms with Crippen LogP contribution in [0.25, 0.3) is 0 Å². The predicted octanol–water partition coefficient (Wildman–Crippen LogP) is 1.63. The Kier molecular flexibility index (Phi) is 1.90. The number of carbonyl (C=O) groups excluding carboxylic acids is 1. The number of hydrogen-bond acceptors (Lipinski definition) is 4. The van der Waals surface area contributed by atoms with E-state index in [1.807, 2.05) is 6.07 Å². The molecule has 2 heterocycles. The lowest BCUT2D eigenvalue weighted by atomic mass is 9.52. The third-order valence-corrected chi connectivity index (χ3v) is 6.37. The van der Waals surface area contributed by atoms with Crippen molar-refractivity contribution in [1.82, 2.24) is 4.90 Å². The van der Waals surface area contributed by atoms with Crippen LogP contribution in [-0.4, -0.2) is 43.0 Å². The van der Waals surface area contributed by atoms with Crippen molar-refractivity contribution in [3.63, 3.8) is 0 Å². The van der Waals surface area contributed by atoms with E-state index in [2.05, 4.69) is 18.0 Å². The average Bonchev–Trinajstić information content (AvgIpc) is 2.88. The van der Waals surface area contributed by atoms with Gasteiger partial charge in [-0.3, -0.25) is 4.79 Å². The zero-order valence-corrected chi connectivity index (χ0v) is 12.1. The van der Waals surface area contributed by atoms with Gasteiger partial charge in [0.1, 0.15) is 0 Å². The first kappa shape index (κ1) is 11.1. The number of likely N-dealkylation sites (tertiary alicyclic amines) is 1. The maximum Gasteiger partial charge on any atom is 0.293 e. The molecule has 21 heavy (non-hydrogen) atoms. The minimum atomic E-state index is -0.368. The molecule has 1 saturated carbocycles. The van der Waals surface area contributed by atoms with Crippen LogP contribution in [0.1, 0.15) is 30.4 Å². The first-order chi connectivity index (χ1) is 10.7. The molecule has 2 fully saturated rings. The summed E-state index contributed by atoms with van der Waals surface area (Å²) in [4.78, 5) is 15.0. The van der Waals surface area contributed by atoms with Gasteiger partial charge in [-0.05, 0) is 50.4 Å². The molecule has 1 aromatic rings. The molecule has 1 spiro atoms. The number of aromatic hydroxyl groups is 1. The van der Waals surface area contributed by atoms with Crippen LogP contribution >= 0.6 is 0 Å². The van der Waals surface area contributed by atoms with Crippen molar-refractivity contribution < 1.29 is 14.6 Å². The van der Waals surface area contributed by atoms with Crippen LogP contribution in [0.5, 0.6) is 11.5 Å². The molecule has 2 bridgehead atoms. The minimum absolute atomic E-state index is 0.177. The van der Waals surface area contributed by atoms with E-state index in [1.54, 1.807) is 0 Å². The number of phenolic OH excluding ortho intramolecular Hbond substituents is 1. The second kappa shape index (κ2) is 3.61. The summed E-state index contributed by atoms with van der Waals surface area (Å²) in [7, 11) is 2.20. The number of Topliss-reactive ketones (excluding diaryl/α,β-unsaturated/α-hetero) is 1. The summed E-state index contributed by atoms with van der Waals surface area (Å²) >= 11 is 0. The average molecular weight is 286 g/mol. The van der Waals surface area contributed by atoms with Gasteiger partial charge >= 0.3 is 0 Å². The molecule has 1 N–H and O–H groups in total. The lowest BCUT2D eigenvalue weighted by molar-refractivity contribution is -0.138. The highest BCUT2D eigenvalue weighted by atomic mass is 16.5. The fourth-order valence-corrected chi connectivity index (χ4v) is 5.51. The summed E-state index contributed by atoms with van der Waals surface area (Å²) in [5.74, 6) is 1.82. The van der Waals surface area contributed by atoms with E-state index in [4.69, 9.17) is 11.3 Å². The van der Waals surface area contributed by atoms with Gasteiger partial charge in [0.25, 0.3) is 1.43 Å². The zero-order chi connectivity index (χ0) is 15.1. The number of piperidine rings is 1. The second-order valence-electron chi connectivity index (χ2n) is 7.08. The smallest absolute Gasteiger partial charge is 0.293 e. The summed E-state index contributed by atoms with van der Waals surface area (Å²) in [6, 6.07) is 4.38. The first-order valence-corrected chi connectivity index (χ1v) is 7.86. The van der Waals surface area contributed by atoms with Crippen LogP contribution in [-0.2, 0) is 16.6 Å². The number of likely N-dealkylation sites (N-methyl/N-ethyl adjacent to an activating group) is 1. The Hall–Kier alpha value is -1.55. The Morgan fingerprint density at radius 3 is 3.29 bits per heavy atom. The Morgan fingerprint density at radius 1 is 1.52 bits per heavy atom. The number of rotatable bonds is 1. The van der Waals surface area contributed by atoms with Gasteiger partial charge in [-0.1, -0.05) is 6.07 Å². The van der Waals surface area contributed by atoms with E-state index in [0.717, 1.165) is 25.8 Å². The normalized spacial score (nSPS) is 40.3. The number of ether oxygens (including phenoxy) is 1. The zero-order valence-electron chi connectivity index (χ0n) is 13.1. The number of hydrogen-bond donors (Lipinski definition) is 1. The van der Waals surface area contributed by atoms with Crippen molar-refractivity contribution in [3.8, 4) is 11.5 Å². The van der Waals surface area contributed by atoms with E-state index in [9.17, 15) is 4.79 Å². The van der Waals surface area contributed by atoms with Crippen molar-refractivity contribution in [2.24, 2.45) is 5.92 Å². The highest BCUT2D eigenvalue weighted by Crippen LogP contribution is 2.62. The Morgan fingerprint density at radius 2 is 2.43 bits per heavy atom. The van der Waals surface area contributed by atoms with Crippen LogP contribution in [0.4, 0.5) is 0 Å². The lowest BCUT2D eigenvalue weighted by Gasteiger charge is -2.57. The van der Waals surface area contributed by atoms with E-state index >= 15 is 0 Å². The molecule has 4 aliphatic rings. The number of benzene rings is 1. The molecule has 110 valence electrons. The fourth-order valence-electron chi connectivity index (χ4n) is 5.51. The number of nitrogens with zero attached hydrogens (tertiary/aromatic N) is 1. The van der Waals surface area contributed by atoms with Crippen molar-refractivity contribution in [3.05, 3.63) is 23.3 Å². The largest absolute Gasteiger partial charge is 0.504 e. The Bertz CT molecular complexity index is 691. The summed E-state index contributed by atoms with van der Waals surface area (Å²) < 4.78 is 13.4. The molecule has 2 aliphatic carbocycles. The maximum atomic E-state index is 12.6. The molecule has 0 aromatic heterocycles. The number of phenols is 1. The molecule has 2 aliphatic heterocycles. The van der Waals surface area contributed by atoms with Gasteiger partial charge in [0, 0.05) is 23.4 Å². The summed E-state index contributed by atoms with van der Waals surface area (Å²) in [6.07, 6.45) is 3.17.